The van der Waals surface area contributed by atoms with Crippen LogP contribution in [0.1, 0.15) is 40.0 Å². The van der Waals surface area contributed by atoms with Gasteiger partial charge >= 0.3 is 0 Å². The Labute approximate surface area is 78.7 Å². The minimum atomic E-state index is -0.0243. The molecule has 0 rings (SSSR count). The van der Waals surface area contributed by atoms with Crippen LogP contribution in [0.25, 0.3) is 0 Å². The van der Waals surface area contributed by atoms with Gasteiger partial charge in [0.25, 0.3) is 0 Å². The molecule has 0 amide bonds. The summed E-state index contributed by atoms with van der Waals surface area (Å²) in [6.07, 6.45) is 3.15. The van der Waals surface area contributed by atoms with Crippen molar-refractivity contribution in [3.8, 4) is 0 Å². The molecule has 2 nitrogen and oxygen atoms in total. The summed E-state index contributed by atoms with van der Waals surface area (Å²) >= 11 is 0. The Balaban J connectivity index is 0. The summed E-state index contributed by atoms with van der Waals surface area (Å²) in [5.41, 5.74) is 11.8. The molecule has 0 aliphatic heterocycles. The molecule has 12 heavy (non-hydrogen) atoms. The maximum atomic E-state index is 6.18. The summed E-state index contributed by atoms with van der Waals surface area (Å²) in [5.74, 6) is 0.484. The van der Waals surface area contributed by atoms with E-state index in [-0.39, 0.29) is 14.0 Å². The summed E-state index contributed by atoms with van der Waals surface area (Å²) in [6.45, 7) is 7.16. The van der Waals surface area contributed by atoms with Gasteiger partial charge in [-0.15, -0.1) is 0 Å². The zero-order valence-electron chi connectivity index (χ0n) is 8.64. The quantitative estimate of drug-likeness (QED) is 0.605. The van der Waals surface area contributed by atoms with Crippen LogP contribution in [0.5, 0.6) is 0 Å². The van der Waals surface area contributed by atoms with Crippen molar-refractivity contribution in [1.29, 1.82) is 0 Å². The zero-order valence-corrected chi connectivity index (χ0v) is 8.64. The minimum Gasteiger partial charge on any atom is -0.330 e. The van der Waals surface area contributed by atoms with Gasteiger partial charge in [0.2, 0.25) is 0 Å². The molecule has 0 bridgehead atoms. The van der Waals surface area contributed by atoms with Crippen molar-refractivity contribution in [2.24, 2.45) is 17.4 Å². The topological polar surface area (TPSA) is 52.0 Å². The van der Waals surface area contributed by atoms with Crippen molar-refractivity contribution in [2.75, 3.05) is 6.54 Å². The molecule has 1 atom stereocenters. The Kier molecular flexibility index (Phi) is 7.85. The molecule has 3 radical (unpaired) electrons. The zero-order chi connectivity index (χ0) is 8.91. The Morgan fingerprint density at radius 3 is 1.67 bits per heavy atom. The second-order valence-corrected chi connectivity index (χ2v) is 3.28. The minimum absolute atomic E-state index is 0. The molecule has 0 aromatic heterocycles. The van der Waals surface area contributed by atoms with Gasteiger partial charge in [0.05, 0.1) is 0 Å². The third-order valence-corrected chi connectivity index (χ3v) is 2.91. The highest BCUT2D eigenvalue weighted by Crippen LogP contribution is 2.23. The smallest absolute Gasteiger partial charge is 0.0189 e. The maximum Gasteiger partial charge on any atom is 0.0189 e. The Morgan fingerprint density at radius 2 is 1.58 bits per heavy atom. The lowest BCUT2D eigenvalue weighted by Crippen LogP contribution is -2.48. The van der Waals surface area contributed by atoms with Crippen molar-refractivity contribution in [3.63, 3.8) is 0 Å². The molecule has 0 aromatic carbocycles. The normalized spacial score (nSPS) is 13.8. The third kappa shape index (κ3) is 3.15. The molecule has 1 unspecified atom stereocenters. The summed E-state index contributed by atoms with van der Waals surface area (Å²) in [4.78, 5) is 0. The van der Waals surface area contributed by atoms with Crippen molar-refractivity contribution < 1.29 is 0 Å². The first kappa shape index (κ1) is 14.5. The fourth-order valence-electron chi connectivity index (χ4n) is 1.64. The van der Waals surface area contributed by atoms with Gasteiger partial charge in [-0.2, -0.15) is 0 Å². The van der Waals surface area contributed by atoms with Crippen LogP contribution in [-0.2, 0) is 0 Å². The Bertz CT molecular complexity index is 98.7. The van der Waals surface area contributed by atoms with Gasteiger partial charge in [0, 0.05) is 14.0 Å². The van der Waals surface area contributed by atoms with Gasteiger partial charge in [-0.05, 0) is 25.3 Å². The second kappa shape index (κ2) is 6.50. The molecule has 0 aliphatic carbocycles. The first-order valence-corrected chi connectivity index (χ1v) is 4.63. The summed E-state index contributed by atoms with van der Waals surface area (Å²) in [7, 11) is 0. The molecule has 0 aliphatic rings. The lowest BCUT2D eigenvalue weighted by molar-refractivity contribution is 0.250. The SMILES string of the molecule is CCC(CN)C(N)(CC)CC.[B]. The molecular formula is C9H22BN2. The lowest BCUT2D eigenvalue weighted by atomic mass is 9.79. The predicted octanol–water partition coefficient (Wildman–Crippen LogP) is 1.11. The molecule has 0 saturated heterocycles. The van der Waals surface area contributed by atoms with Gasteiger partial charge < -0.3 is 11.5 Å². The Morgan fingerprint density at radius 1 is 1.17 bits per heavy atom. The van der Waals surface area contributed by atoms with Crippen LogP contribution in [0, 0.1) is 5.92 Å². The van der Waals surface area contributed by atoms with E-state index in [0.29, 0.717) is 12.5 Å². The standard InChI is InChI=1S/C9H22N2.B/c1-4-8(7-10)9(11,5-2)6-3;/h8H,4-7,10-11H2,1-3H3;. The molecule has 3 heteroatoms. The van der Waals surface area contributed by atoms with E-state index in [0.717, 1.165) is 19.3 Å². The van der Waals surface area contributed by atoms with Crippen LogP contribution in [0.15, 0.2) is 0 Å². The van der Waals surface area contributed by atoms with E-state index < -0.39 is 0 Å². The number of hydrogen-bond acceptors (Lipinski definition) is 2. The van der Waals surface area contributed by atoms with Crippen molar-refractivity contribution in [2.45, 2.75) is 45.6 Å². The number of nitrogens with two attached hydrogens (primary N) is 2. The van der Waals surface area contributed by atoms with Gasteiger partial charge in [-0.25, -0.2) is 0 Å². The number of hydrogen-bond donors (Lipinski definition) is 2. The molecule has 0 aromatic rings. The molecule has 0 saturated carbocycles. The van der Waals surface area contributed by atoms with Crippen LogP contribution >= 0.6 is 0 Å². The van der Waals surface area contributed by atoms with Crippen LogP contribution in [-0.4, -0.2) is 20.5 Å². The van der Waals surface area contributed by atoms with E-state index in [9.17, 15) is 0 Å². The van der Waals surface area contributed by atoms with Crippen LogP contribution in [0.4, 0.5) is 0 Å². The third-order valence-electron chi connectivity index (χ3n) is 2.91. The highest BCUT2D eigenvalue weighted by Gasteiger charge is 2.28. The average molecular weight is 169 g/mol. The highest BCUT2D eigenvalue weighted by atomic mass is 14.8. The Hall–Kier alpha value is -0.0151. The molecular weight excluding hydrogens is 147 g/mol. The van der Waals surface area contributed by atoms with E-state index in [1.165, 1.54) is 0 Å². The van der Waals surface area contributed by atoms with E-state index in [2.05, 4.69) is 20.8 Å². The first-order chi connectivity index (χ1) is 5.14. The summed E-state index contributed by atoms with van der Waals surface area (Å²) in [6, 6.07) is 0. The first-order valence-electron chi connectivity index (χ1n) is 4.63. The van der Waals surface area contributed by atoms with E-state index in [4.69, 9.17) is 11.5 Å². The molecule has 71 valence electrons. The second-order valence-electron chi connectivity index (χ2n) is 3.28. The van der Waals surface area contributed by atoms with Gasteiger partial charge in [0.15, 0.2) is 0 Å². The van der Waals surface area contributed by atoms with Gasteiger partial charge in [0.1, 0.15) is 0 Å². The van der Waals surface area contributed by atoms with Crippen LogP contribution in [0.2, 0.25) is 0 Å². The van der Waals surface area contributed by atoms with Crippen LogP contribution < -0.4 is 11.5 Å². The van der Waals surface area contributed by atoms with Crippen molar-refractivity contribution in [1.82, 2.24) is 0 Å². The van der Waals surface area contributed by atoms with Crippen molar-refractivity contribution in [3.05, 3.63) is 0 Å². The van der Waals surface area contributed by atoms with E-state index in [1.54, 1.807) is 0 Å². The monoisotopic (exact) mass is 169 g/mol. The van der Waals surface area contributed by atoms with Gasteiger partial charge in [-0.1, -0.05) is 27.2 Å². The number of rotatable bonds is 5. The van der Waals surface area contributed by atoms with Crippen LogP contribution in [0.3, 0.4) is 0 Å². The average Bonchev–Trinajstić information content (AvgIpc) is 2.06. The van der Waals surface area contributed by atoms with Gasteiger partial charge in [-0.3, -0.25) is 0 Å². The summed E-state index contributed by atoms with van der Waals surface area (Å²) in [5, 5.41) is 0. The van der Waals surface area contributed by atoms with E-state index >= 15 is 0 Å². The van der Waals surface area contributed by atoms with E-state index in [1.807, 2.05) is 0 Å². The molecule has 0 spiro atoms. The molecule has 4 N–H and O–H groups in total. The lowest BCUT2D eigenvalue weighted by Gasteiger charge is -2.34. The summed E-state index contributed by atoms with van der Waals surface area (Å²) < 4.78 is 0. The highest BCUT2D eigenvalue weighted by molar-refractivity contribution is 5.75. The molecule has 0 heterocycles. The fraction of sp³-hybridized carbons (Fsp3) is 1.00. The molecule has 0 fully saturated rings. The maximum absolute atomic E-state index is 6.18. The van der Waals surface area contributed by atoms with Crippen molar-refractivity contribution >= 4 is 8.41 Å². The fourth-order valence-corrected chi connectivity index (χ4v) is 1.64. The predicted molar refractivity (Wildman–Crippen MR) is 56.1 cm³/mol. The largest absolute Gasteiger partial charge is 0.330 e.